The van der Waals surface area contributed by atoms with Crippen molar-refractivity contribution in [1.82, 2.24) is 10.2 Å². The summed E-state index contributed by atoms with van der Waals surface area (Å²) in [4.78, 5) is 42.4. The van der Waals surface area contributed by atoms with Crippen molar-refractivity contribution in [2.75, 3.05) is 25.0 Å². The second kappa shape index (κ2) is 10.4. The van der Waals surface area contributed by atoms with Gasteiger partial charge in [0.15, 0.2) is 0 Å². The molecule has 1 aromatic carbocycles. The SMILES string of the molecule is CCCNC(=O)[C@@H]1[C@H]2C(=O)N(CCCCCCO)C(C(=O)Nc3ccc(Cl)cc3)C23CC[C@@]1(C)O3. The number of aliphatic hydroxyl groups excluding tert-OH is 1. The predicted octanol–water partition coefficient (Wildman–Crippen LogP) is 3.12. The minimum atomic E-state index is -1.03. The van der Waals surface area contributed by atoms with Gasteiger partial charge in [-0.25, -0.2) is 0 Å². The van der Waals surface area contributed by atoms with Gasteiger partial charge in [0.2, 0.25) is 17.7 Å². The standard InChI is InChI=1S/C26H36ClN3O5/c1-3-14-28-22(32)19-20-24(34)30(15-6-4-5-7-16-31)21(26(20)13-12-25(19,2)35-26)23(33)29-18-10-8-17(27)9-11-18/h8-11,19-21,31H,3-7,12-16H2,1-2H3,(H,28,32)(H,29,33)/t19-,20-,21?,25+,26?/m0/s1. The third kappa shape index (κ3) is 4.68. The molecule has 35 heavy (non-hydrogen) atoms. The topological polar surface area (TPSA) is 108 Å². The lowest BCUT2D eigenvalue weighted by atomic mass is 9.66. The highest BCUT2D eigenvalue weighted by atomic mass is 35.5. The number of hydrogen-bond donors (Lipinski definition) is 3. The van der Waals surface area contributed by atoms with Gasteiger partial charge >= 0.3 is 0 Å². The van der Waals surface area contributed by atoms with Crippen LogP contribution in [-0.4, -0.2) is 64.7 Å². The summed E-state index contributed by atoms with van der Waals surface area (Å²) < 4.78 is 6.58. The lowest BCUT2D eigenvalue weighted by molar-refractivity contribution is -0.144. The number of amides is 3. The molecule has 5 atom stereocenters. The zero-order chi connectivity index (χ0) is 25.2. The molecule has 3 amide bonds. The molecule has 0 aliphatic carbocycles. The Kier molecular flexibility index (Phi) is 7.74. The van der Waals surface area contributed by atoms with Crippen LogP contribution in [0.15, 0.2) is 24.3 Å². The van der Waals surface area contributed by atoms with Crippen molar-refractivity contribution in [2.24, 2.45) is 11.8 Å². The number of carbonyl (C=O) groups is 3. The van der Waals surface area contributed by atoms with Crippen LogP contribution in [0.3, 0.4) is 0 Å². The van der Waals surface area contributed by atoms with Crippen LogP contribution < -0.4 is 10.6 Å². The van der Waals surface area contributed by atoms with Crippen LogP contribution in [0.2, 0.25) is 5.02 Å². The predicted molar refractivity (Wildman–Crippen MR) is 133 cm³/mol. The molecule has 2 unspecified atom stereocenters. The number of ether oxygens (including phenoxy) is 1. The van der Waals surface area contributed by atoms with Gasteiger partial charge in [0.25, 0.3) is 0 Å². The van der Waals surface area contributed by atoms with Crippen LogP contribution in [0.25, 0.3) is 0 Å². The fraction of sp³-hybridized carbons (Fsp3) is 0.654. The van der Waals surface area contributed by atoms with Crippen LogP contribution in [-0.2, 0) is 19.1 Å². The molecule has 3 heterocycles. The van der Waals surface area contributed by atoms with Gasteiger partial charge < -0.3 is 25.4 Å². The van der Waals surface area contributed by atoms with Gasteiger partial charge in [-0.05, 0) is 63.3 Å². The number of carbonyl (C=O) groups excluding carboxylic acids is 3. The molecule has 3 N–H and O–H groups in total. The molecule has 0 radical (unpaired) electrons. The Morgan fingerprint density at radius 3 is 2.54 bits per heavy atom. The van der Waals surface area contributed by atoms with E-state index in [4.69, 9.17) is 21.4 Å². The van der Waals surface area contributed by atoms with Gasteiger partial charge in [0, 0.05) is 30.4 Å². The van der Waals surface area contributed by atoms with E-state index in [1.165, 1.54) is 0 Å². The Hall–Kier alpha value is -2.16. The molecular weight excluding hydrogens is 470 g/mol. The van der Waals surface area contributed by atoms with E-state index in [0.717, 1.165) is 19.3 Å². The van der Waals surface area contributed by atoms with Crippen molar-refractivity contribution in [3.8, 4) is 0 Å². The number of fused-ring (bicyclic) bond motifs is 1. The molecule has 3 aliphatic rings. The molecular formula is C26H36ClN3O5. The quantitative estimate of drug-likeness (QED) is 0.400. The second-order valence-electron chi connectivity index (χ2n) is 10.2. The highest BCUT2D eigenvalue weighted by Gasteiger charge is 2.77. The Morgan fingerprint density at radius 2 is 1.86 bits per heavy atom. The Bertz CT molecular complexity index is 957. The Morgan fingerprint density at radius 1 is 1.14 bits per heavy atom. The number of hydrogen-bond acceptors (Lipinski definition) is 5. The fourth-order valence-electron chi connectivity index (χ4n) is 6.22. The third-order valence-corrected chi connectivity index (χ3v) is 8.03. The van der Waals surface area contributed by atoms with E-state index >= 15 is 0 Å². The van der Waals surface area contributed by atoms with Crippen LogP contribution >= 0.6 is 11.6 Å². The summed E-state index contributed by atoms with van der Waals surface area (Å²) in [6, 6.07) is 6.02. The molecule has 4 rings (SSSR count). The maximum atomic E-state index is 13.9. The monoisotopic (exact) mass is 505 g/mol. The van der Waals surface area contributed by atoms with Crippen molar-refractivity contribution in [2.45, 2.75) is 76.0 Å². The summed E-state index contributed by atoms with van der Waals surface area (Å²) in [5, 5.41) is 15.5. The van der Waals surface area contributed by atoms with E-state index in [2.05, 4.69) is 10.6 Å². The average molecular weight is 506 g/mol. The van der Waals surface area contributed by atoms with Gasteiger partial charge in [-0.2, -0.15) is 0 Å². The highest BCUT2D eigenvalue weighted by Crippen LogP contribution is 2.63. The molecule has 9 heteroatoms. The smallest absolute Gasteiger partial charge is 0.250 e. The molecule has 1 spiro atoms. The van der Waals surface area contributed by atoms with Crippen LogP contribution in [0, 0.1) is 11.8 Å². The van der Waals surface area contributed by atoms with Gasteiger partial charge in [-0.1, -0.05) is 31.4 Å². The number of likely N-dealkylation sites (tertiary alicyclic amines) is 1. The van der Waals surface area contributed by atoms with Gasteiger partial charge in [0.1, 0.15) is 11.6 Å². The number of aliphatic hydroxyl groups is 1. The van der Waals surface area contributed by atoms with E-state index in [1.807, 2.05) is 13.8 Å². The van der Waals surface area contributed by atoms with Crippen LogP contribution in [0.4, 0.5) is 5.69 Å². The van der Waals surface area contributed by atoms with Gasteiger partial charge in [-0.15, -0.1) is 0 Å². The van der Waals surface area contributed by atoms with Crippen molar-refractivity contribution in [3.63, 3.8) is 0 Å². The maximum absolute atomic E-state index is 13.9. The number of benzene rings is 1. The van der Waals surface area contributed by atoms with E-state index in [-0.39, 0.29) is 24.3 Å². The number of halogens is 1. The zero-order valence-electron chi connectivity index (χ0n) is 20.5. The summed E-state index contributed by atoms with van der Waals surface area (Å²) in [7, 11) is 0. The van der Waals surface area contributed by atoms with Crippen molar-refractivity contribution in [1.29, 1.82) is 0 Å². The first-order chi connectivity index (χ1) is 16.8. The zero-order valence-corrected chi connectivity index (χ0v) is 21.3. The van der Waals surface area contributed by atoms with Gasteiger partial charge in [-0.3, -0.25) is 14.4 Å². The first-order valence-electron chi connectivity index (χ1n) is 12.7. The lowest BCUT2D eigenvalue weighted by Crippen LogP contribution is -2.53. The molecule has 3 aliphatic heterocycles. The average Bonchev–Trinajstić information content (AvgIpc) is 3.39. The summed E-state index contributed by atoms with van der Waals surface area (Å²) in [5.74, 6) is -1.96. The Labute approximate surface area is 211 Å². The third-order valence-electron chi connectivity index (χ3n) is 7.78. The van der Waals surface area contributed by atoms with Crippen LogP contribution in [0.1, 0.15) is 58.8 Å². The van der Waals surface area contributed by atoms with E-state index in [9.17, 15) is 14.4 Å². The first kappa shape index (κ1) is 25.9. The van der Waals surface area contributed by atoms with E-state index < -0.39 is 29.1 Å². The van der Waals surface area contributed by atoms with Crippen molar-refractivity contribution < 1.29 is 24.2 Å². The molecule has 0 saturated carbocycles. The van der Waals surface area contributed by atoms with Crippen molar-refractivity contribution >= 4 is 35.0 Å². The highest BCUT2D eigenvalue weighted by molar-refractivity contribution is 6.30. The molecule has 3 fully saturated rings. The molecule has 192 valence electrons. The minimum Gasteiger partial charge on any atom is -0.396 e. The van der Waals surface area contributed by atoms with Gasteiger partial charge in [0.05, 0.1) is 17.4 Å². The number of unbranched alkanes of at least 4 members (excludes halogenated alkanes) is 3. The lowest BCUT2D eigenvalue weighted by Gasteiger charge is -2.33. The van der Waals surface area contributed by atoms with E-state index in [1.54, 1.807) is 29.2 Å². The fourth-order valence-corrected chi connectivity index (χ4v) is 6.34. The second-order valence-corrected chi connectivity index (χ2v) is 10.6. The van der Waals surface area contributed by atoms with Crippen molar-refractivity contribution in [3.05, 3.63) is 29.3 Å². The largest absolute Gasteiger partial charge is 0.396 e. The Balaban J connectivity index is 1.63. The number of nitrogens with one attached hydrogen (secondary N) is 2. The van der Waals surface area contributed by atoms with Crippen LogP contribution in [0.5, 0.6) is 0 Å². The normalized spacial score (nSPS) is 31.0. The molecule has 0 aromatic heterocycles. The summed E-state index contributed by atoms with van der Waals surface area (Å²) >= 11 is 5.99. The molecule has 1 aromatic rings. The molecule has 2 bridgehead atoms. The minimum absolute atomic E-state index is 0.140. The summed E-state index contributed by atoms with van der Waals surface area (Å²) in [6.07, 6.45) is 5.09. The maximum Gasteiger partial charge on any atom is 0.250 e. The summed E-state index contributed by atoms with van der Waals surface area (Å²) in [6.45, 7) is 4.97. The first-order valence-corrected chi connectivity index (χ1v) is 13.1. The molecule has 8 nitrogen and oxygen atoms in total. The molecule has 3 saturated heterocycles. The van der Waals surface area contributed by atoms with E-state index in [0.29, 0.717) is 49.5 Å². The summed E-state index contributed by atoms with van der Waals surface area (Å²) in [5.41, 5.74) is -1.21. The number of rotatable bonds is 11. The number of anilines is 1. The number of nitrogens with zero attached hydrogens (tertiary/aromatic N) is 1.